The van der Waals surface area contributed by atoms with Crippen LogP contribution in [0.5, 0.6) is 11.5 Å². The number of amides is 1. The number of halogens is 2. The van der Waals surface area contributed by atoms with Gasteiger partial charge in [-0.3, -0.25) is 9.69 Å². The number of morpholine rings is 1. The Kier molecular flexibility index (Phi) is 3.88. The Morgan fingerprint density at radius 1 is 1.41 bits per heavy atom. The number of nitrogens with zero attached hydrogens (tertiary/aromatic N) is 1. The fraction of sp³-hybridized carbons (Fsp3) is 0.500. The minimum atomic E-state index is -3.61. The Balaban J connectivity index is 1.66. The van der Waals surface area contributed by atoms with Gasteiger partial charge in [-0.2, -0.15) is 0 Å². The van der Waals surface area contributed by atoms with Crippen molar-refractivity contribution in [3.8, 4) is 11.5 Å². The summed E-state index contributed by atoms with van der Waals surface area (Å²) in [7, 11) is 1.56. The Bertz CT molecular complexity index is 582. The van der Waals surface area contributed by atoms with Crippen LogP contribution in [0.3, 0.4) is 0 Å². The van der Waals surface area contributed by atoms with Crippen LogP contribution in [0.4, 0.5) is 8.78 Å². The number of ether oxygens (including phenoxy) is 3. The lowest BCUT2D eigenvalue weighted by molar-refractivity contribution is -0.286. The van der Waals surface area contributed by atoms with Crippen molar-refractivity contribution in [2.75, 3.05) is 26.7 Å². The number of carbonyl (C=O) groups excluding carboxylic acids is 1. The molecule has 1 atom stereocenters. The quantitative estimate of drug-likeness (QED) is 0.900. The van der Waals surface area contributed by atoms with Gasteiger partial charge in [0.1, 0.15) is 6.10 Å². The van der Waals surface area contributed by atoms with E-state index in [1.165, 1.54) is 12.1 Å². The Hall–Kier alpha value is -1.93. The zero-order valence-corrected chi connectivity index (χ0v) is 12.0. The third-order valence-corrected chi connectivity index (χ3v) is 3.56. The molecule has 120 valence electrons. The summed E-state index contributed by atoms with van der Waals surface area (Å²) < 4.78 is 40.2. The molecule has 1 amide bonds. The summed E-state index contributed by atoms with van der Waals surface area (Å²) in [6, 6.07) is 4.69. The third-order valence-electron chi connectivity index (χ3n) is 3.56. The van der Waals surface area contributed by atoms with Gasteiger partial charge in [-0.15, -0.1) is 8.78 Å². The molecule has 1 fully saturated rings. The van der Waals surface area contributed by atoms with E-state index < -0.39 is 12.4 Å². The van der Waals surface area contributed by atoms with Gasteiger partial charge in [0.15, 0.2) is 11.5 Å². The Labute approximate surface area is 125 Å². The topological polar surface area (TPSA) is 60.0 Å². The first-order valence-electron chi connectivity index (χ1n) is 6.91. The van der Waals surface area contributed by atoms with Crippen molar-refractivity contribution < 1.29 is 27.8 Å². The standard InChI is InChI=1S/C14H16F2N2O4/c1-17-13(19)12-8-18(4-5-20-12)7-9-2-3-10-11(6-9)22-14(15,16)21-10/h2-3,6,12H,4-5,7-8H2,1H3,(H,17,19)/t12-/m0/s1. The number of hydrogen-bond acceptors (Lipinski definition) is 5. The van der Waals surface area contributed by atoms with Crippen molar-refractivity contribution in [2.24, 2.45) is 0 Å². The molecule has 8 heteroatoms. The highest BCUT2D eigenvalue weighted by molar-refractivity contribution is 5.80. The number of fused-ring (bicyclic) bond motifs is 1. The normalized spacial score (nSPS) is 23.3. The first-order valence-corrected chi connectivity index (χ1v) is 6.91. The number of alkyl halides is 2. The molecule has 3 rings (SSSR count). The molecule has 0 spiro atoms. The zero-order valence-electron chi connectivity index (χ0n) is 12.0. The Morgan fingerprint density at radius 3 is 2.95 bits per heavy atom. The molecule has 0 aliphatic carbocycles. The van der Waals surface area contributed by atoms with Crippen molar-refractivity contribution in [3.63, 3.8) is 0 Å². The van der Waals surface area contributed by atoms with Crippen LogP contribution >= 0.6 is 0 Å². The second kappa shape index (κ2) is 5.69. The average Bonchev–Trinajstić information content (AvgIpc) is 2.80. The van der Waals surface area contributed by atoms with Crippen LogP contribution in [0, 0.1) is 0 Å². The van der Waals surface area contributed by atoms with Gasteiger partial charge >= 0.3 is 6.29 Å². The number of nitrogens with one attached hydrogen (secondary N) is 1. The number of benzene rings is 1. The second-order valence-electron chi connectivity index (χ2n) is 5.16. The summed E-state index contributed by atoms with van der Waals surface area (Å²) in [6.45, 7) is 2.07. The molecular weight excluding hydrogens is 298 g/mol. The van der Waals surface area contributed by atoms with Gasteiger partial charge in [0.05, 0.1) is 6.61 Å². The highest BCUT2D eigenvalue weighted by Gasteiger charge is 2.43. The van der Waals surface area contributed by atoms with E-state index in [2.05, 4.69) is 14.8 Å². The van der Waals surface area contributed by atoms with Crippen LogP contribution in [-0.2, 0) is 16.1 Å². The Morgan fingerprint density at radius 2 is 2.18 bits per heavy atom. The van der Waals surface area contributed by atoms with Crippen LogP contribution in [0.1, 0.15) is 5.56 Å². The SMILES string of the molecule is CNC(=O)[C@@H]1CN(Cc2ccc3c(c2)OC(F)(F)O3)CCO1. The highest BCUT2D eigenvalue weighted by atomic mass is 19.3. The van der Waals surface area contributed by atoms with E-state index >= 15 is 0 Å². The van der Waals surface area contributed by atoms with Gasteiger partial charge in [-0.1, -0.05) is 6.07 Å². The molecule has 0 unspecified atom stereocenters. The largest absolute Gasteiger partial charge is 0.586 e. The fourth-order valence-corrected chi connectivity index (χ4v) is 2.52. The predicted octanol–water partition coefficient (Wildman–Crippen LogP) is 0.955. The van der Waals surface area contributed by atoms with E-state index in [1.54, 1.807) is 13.1 Å². The summed E-state index contributed by atoms with van der Waals surface area (Å²) in [6.07, 6.45) is -4.12. The lowest BCUT2D eigenvalue weighted by Crippen LogP contribution is -2.48. The summed E-state index contributed by atoms with van der Waals surface area (Å²) in [4.78, 5) is 13.6. The van der Waals surface area contributed by atoms with Crippen molar-refractivity contribution in [1.29, 1.82) is 0 Å². The molecule has 1 aromatic carbocycles. The molecule has 0 saturated carbocycles. The van der Waals surface area contributed by atoms with Gasteiger partial charge in [0, 0.05) is 26.7 Å². The van der Waals surface area contributed by atoms with Crippen LogP contribution in [0.25, 0.3) is 0 Å². The monoisotopic (exact) mass is 314 g/mol. The second-order valence-corrected chi connectivity index (χ2v) is 5.16. The van der Waals surface area contributed by atoms with Crippen molar-refractivity contribution in [1.82, 2.24) is 10.2 Å². The molecule has 0 aromatic heterocycles. The number of likely N-dealkylation sites (N-methyl/N-ethyl adjacent to an activating group) is 1. The van der Waals surface area contributed by atoms with Crippen LogP contribution < -0.4 is 14.8 Å². The number of hydrogen-bond donors (Lipinski definition) is 1. The van der Waals surface area contributed by atoms with Crippen LogP contribution in [-0.4, -0.2) is 49.9 Å². The highest BCUT2D eigenvalue weighted by Crippen LogP contribution is 2.41. The van der Waals surface area contributed by atoms with E-state index in [0.717, 1.165) is 5.56 Å². The van der Waals surface area contributed by atoms with Gasteiger partial charge < -0.3 is 19.5 Å². The maximum atomic E-state index is 13.0. The minimum Gasteiger partial charge on any atom is -0.395 e. The molecule has 0 bridgehead atoms. The molecule has 6 nitrogen and oxygen atoms in total. The van der Waals surface area contributed by atoms with E-state index in [4.69, 9.17) is 4.74 Å². The van der Waals surface area contributed by atoms with E-state index in [-0.39, 0.29) is 17.4 Å². The first-order chi connectivity index (χ1) is 10.5. The molecule has 1 saturated heterocycles. The molecule has 22 heavy (non-hydrogen) atoms. The minimum absolute atomic E-state index is 0.0265. The van der Waals surface area contributed by atoms with Gasteiger partial charge in [-0.25, -0.2) is 0 Å². The summed E-state index contributed by atoms with van der Waals surface area (Å²) in [5.74, 6) is -0.118. The fourth-order valence-electron chi connectivity index (χ4n) is 2.52. The number of rotatable bonds is 3. The van der Waals surface area contributed by atoms with E-state index in [0.29, 0.717) is 26.2 Å². The maximum Gasteiger partial charge on any atom is 0.586 e. The molecule has 1 N–H and O–H groups in total. The predicted molar refractivity (Wildman–Crippen MR) is 71.7 cm³/mol. The summed E-state index contributed by atoms with van der Waals surface area (Å²) in [5, 5.41) is 2.55. The van der Waals surface area contributed by atoms with Gasteiger partial charge in [-0.05, 0) is 17.7 Å². The average molecular weight is 314 g/mol. The van der Waals surface area contributed by atoms with Crippen molar-refractivity contribution >= 4 is 5.91 Å². The van der Waals surface area contributed by atoms with Crippen LogP contribution in [0.2, 0.25) is 0 Å². The molecule has 2 heterocycles. The van der Waals surface area contributed by atoms with Crippen LogP contribution in [0.15, 0.2) is 18.2 Å². The molecular formula is C14H16F2N2O4. The van der Waals surface area contributed by atoms with Gasteiger partial charge in [0.2, 0.25) is 5.91 Å². The lowest BCUT2D eigenvalue weighted by atomic mass is 10.1. The molecule has 1 aromatic rings. The molecule has 0 radical (unpaired) electrons. The lowest BCUT2D eigenvalue weighted by Gasteiger charge is -2.31. The van der Waals surface area contributed by atoms with Gasteiger partial charge in [0.25, 0.3) is 0 Å². The zero-order chi connectivity index (χ0) is 15.7. The van der Waals surface area contributed by atoms with Crippen molar-refractivity contribution in [3.05, 3.63) is 23.8 Å². The van der Waals surface area contributed by atoms with Crippen molar-refractivity contribution in [2.45, 2.75) is 18.9 Å². The van der Waals surface area contributed by atoms with E-state index in [9.17, 15) is 13.6 Å². The number of carbonyl (C=O) groups is 1. The summed E-state index contributed by atoms with van der Waals surface area (Å²) >= 11 is 0. The van der Waals surface area contributed by atoms with E-state index in [1.807, 2.05) is 4.90 Å². The smallest absolute Gasteiger partial charge is 0.395 e. The molecule has 2 aliphatic rings. The third kappa shape index (κ3) is 3.12. The molecule has 2 aliphatic heterocycles. The summed E-state index contributed by atoms with van der Waals surface area (Å²) in [5.41, 5.74) is 0.803. The maximum absolute atomic E-state index is 13.0. The first kappa shape index (κ1) is 15.0.